The van der Waals surface area contributed by atoms with Crippen molar-refractivity contribution in [2.75, 3.05) is 20.7 Å². The Labute approximate surface area is 109 Å². The summed E-state index contributed by atoms with van der Waals surface area (Å²) in [6.07, 6.45) is 0.997. The minimum Gasteiger partial charge on any atom is -0.494 e. The quantitative estimate of drug-likeness (QED) is 0.789. The Kier molecular flexibility index (Phi) is 5.38. The molecule has 0 bridgehead atoms. The van der Waals surface area contributed by atoms with E-state index in [-0.39, 0.29) is 6.04 Å². The number of hydrogen-bond donors (Lipinski definition) is 1. The number of ether oxygens (including phenoxy) is 1. The first kappa shape index (κ1) is 13.9. The second-order valence-electron chi connectivity index (χ2n) is 4.19. The van der Waals surface area contributed by atoms with Gasteiger partial charge in [0.05, 0.1) is 17.6 Å². The van der Waals surface area contributed by atoms with Crippen LogP contribution in [0.25, 0.3) is 0 Å². The Morgan fingerprint density at radius 1 is 1.47 bits per heavy atom. The summed E-state index contributed by atoms with van der Waals surface area (Å²) in [5.74, 6) is 0.868. The molecule has 0 saturated heterocycles. The van der Waals surface area contributed by atoms with Crippen molar-refractivity contribution in [3.8, 4) is 5.75 Å². The molecule has 0 aliphatic heterocycles. The van der Waals surface area contributed by atoms with Gasteiger partial charge in [0, 0.05) is 0 Å². The van der Waals surface area contributed by atoms with Gasteiger partial charge < -0.3 is 10.5 Å². The molecule has 2 N–H and O–H groups in total. The lowest BCUT2D eigenvalue weighted by atomic mass is 10.1. The third-order valence-corrected chi connectivity index (χ3v) is 2.66. The second kappa shape index (κ2) is 6.57. The van der Waals surface area contributed by atoms with E-state index in [4.69, 9.17) is 22.7 Å². The van der Waals surface area contributed by atoms with E-state index in [1.54, 1.807) is 0 Å². The van der Waals surface area contributed by atoms with E-state index in [0.29, 0.717) is 4.99 Å². The predicted molar refractivity (Wildman–Crippen MR) is 75.4 cm³/mol. The van der Waals surface area contributed by atoms with Gasteiger partial charge in [0.2, 0.25) is 0 Å². The fourth-order valence-corrected chi connectivity index (χ4v) is 2.06. The van der Waals surface area contributed by atoms with Gasteiger partial charge in [-0.25, -0.2) is 0 Å². The smallest absolute Gasteiger partial charge is 0.119 e. The fourth-order valence-electron chi connectivity index (χ4n) is 1.71. The molecule has 0 aromatic heterocycles. The lowest BCUT2D eigenvalue weighted by Gasteiger charge is -2.23. The number of benzene rings is 1. The van der Waals surface area contributed by atoms with Crippen LogP contribution < -0.4 is 10.5 Å². The zero-order valence-corrected chi connectivity index (χ0v) is 11.5. The fraction of sp³-hybridized carbons (Fsp3) is 0.462. The first-order valence-corrected chi connectivity index (χ1v) is 6.15. The van der Waals surface area contributed by atoms with E-state index < -0.39 is 0 Å². The minimum atomic E-state index is -0.0461. The zero-order chi connectivity index (χ0) is 12.8. The third-order valence-electron chi connectivity index (χ3n) is 2.43. The van der Waals surface area contributed by atoms with Crippen molar-refractivity contribution in [2.24, 2.45) is 5.73 Å². The molecule has 1 atom stereocenters. The van der Waals surface area contributed by atoms with Crippen LogP contribution >= 0.6 is 12.2 Å². The Morgan fingerprint density at radius 3 is 2.71 bits per heavy atom. The maximum absolute atomic E-state index is 5.77. The highest BCUT2D eigenvalue weighted by Gasteiger charge is 2.17. The molecule has 0 aliphatic rings. The summed E-state index contributed by atoms with van der Waals surface area (Å²) in [6.45, 7) is 2.81. The molecule has 0 spiro atoms. The lowest BCUT2D eigenvalue weighted by molar-refractivity contribution is 0.315. The zero-order valence-electron chi connectivity index (χ0n) is 10.6. The van der Waals surface area contributed by atoms with Crippen LogP contribution in [0.4, 0.5) is 0 Å². The summed E-state index contributed by atoms with van der Waals surface area (Å²) in [5, 5.41) is 0. The Hall–Kier alpha value is -1.13. The largest absolute Gasteiger partial charge is 0.494 e. The number of rotatable bonds is 6. The number of hydrogen-bond acceptors (Lipinski definition) is 3. The monoisotopic (exact) mass is 252 g/mol. The number of nitrogens with two attached hydrogens (primary N) is 1. The maximum Gasteiger partial charge on any atom is 0.119 e. The second-order valence-corrected chi connectivity index (χ2v) is 4.66. The highest BCUT2D eigenvalue weighted by atomic mass is 32.1. The minimum absolute atomic E-state index is 0.0461. The van der Waals surface area contributed by atoms with Crippen LogP contribution in [0.15, 0.2) is 24.3 Å². The average Bonchev–Trinajstić information content (AvgIpc) is 2.26. The molecule has 94 valence electrons. The Morgan fingerprint density at radius 2 is 2.18 bits per heavy atom. The first-order valence-electron chi connectivity index (χ1n) is 5.74. The molecule has 0 aliphatic carbocycles. The Bertz CT molecular complexity index is 379. The number of likely N-dealkylation sites (N-methyl/N-ethyl adjacent to an activating group) is 1. The first-order chi connectivity index (χ1) is 8.06. The van der Waals surface area contributed by atoms with Crippen molar-refractivity contribution in [1.82, 2.24) is 4.90 Å². The topological polar surface area (TPSA) is 38.5 Å². The van der Waals surface area contributed by atoms with Crippen LogP contribution in [0.3, 0.4) is 0 Å². The molecule has 4 heteroatoms. The molecule has 17 heavy (non-hydrogen) atoms. The van der Waals surface area contributed by atoms with Gasteiger partial charge in [-0.3, -0.25) is 4.90 Å². The highest BCUT2D eigenvalue weighted by molar-refractivity contribution is 7.80. The number of thiocarbonyl (C=S) groups is 1. The third kappa shape index (κ3) is 3.98. The molecule has 1 aromatic carbocycles. The van der Waals surface area contributed by atoms with Crippen LogP contribution in [0.2, 0.25) is 0 Å². The van der Waals surface area contributed by atoms with E-state index in [2.05, 4.69) is 6.92 Å². The molecule has 0 amide bonds. The molecule has 1 unspecified atom stereocenters. The van der Waals surface area contributed by atoms with Crippen LogP contribution in [-0.2, 0) is 0 Å². The van der Waals surface area contributed by atoms with Crippen molar-refractivity contribution in [1.29, 1.82) is 0 Å². The molecule has 0 saturated carbocycles. The molecule has 0 radical (unpaired) electrons. The molecule has 0 fully saturated rings. The van der Waals surface area contributed by atoms with Gasteiger partial charge in [-0.05, 0) is 38.2 Å². The number of nitrogens with zero attached hydrogens (tertiary/aromatic N) is 1. The summed E-state index contributed by atoms with van der Waals surface area (Å²) in [5.41, 5.74) is 6.83. The van der Waals surface area contributed by atoms with E-state index in [1.807, 2.05) is 43.3 Å². The highest BCUT2D eigenvalue weighted by Crippen LogP contribution is 2.23. The van der Waals surface area contributed by atoms with Gasteiger partial charge >= 0.3 is 0 Å². The lowest BCUT2D eigenvalue weighted by Crippen LogP contribution is -2.31. The van der Waals surface area contributed by atoms with Crippen molar-refractivity contribution >= 4 is 17.2 Å². The molecule has 1 aromatic rings. The van der Waals surface area contributed by atoms with Crippen molar-refractivity contribution in [3.63, 3.8) is 0 Å². The molecule has 1 rings (SSSR count). The van der Waals surface area contributed by atoms with Gasteiger partial charge in [0.1, 0.15) is 5.75 Å². The van der Waals surface area contributed by atoms with Gasteiger partial charge in [0.25, 0.3) is 0 Å². The van der Waals surface area contributed by atoms with Gasteiger partial charge in [-0.2, -0.15) is 0 Å². The van der Waals surface area contributed by atoms with E-state index >= 15 is 0 Å². The molecule has 0 heterocycles. The van der Waals surface area contributed by atoms with Crippen LogP contribution in [0.1, 0.15) is 24.9 Å². The van der Waals surface area contributed by atoms with Gasteiger partial charge in [0.15, 0.2) is 0 Å². The average molecular weight is 252 g/mol. The van der Waals surface area contributed by atoms with Crippen LogP contribution in [-0.4, -0.2) is 30.6 Å². The predicted octanol–water partition coefficient (Wildman–Crippen LogP) is 2.36. The van der Waals surface area contributed by atoms with Crippen LogP contribution in [0, 0.1) is 0 Å². The molecular weight excluding hydrogens is 232 g/mol. The normalized spacial score (nSPS) is 12.5. The molecule has 3 nitrogen and oxygen atoms in total. The summed E-state index contributed by atoms with van der Waals surface area (Å²) >= 11 is 5.10. The van der Waals surface area contributed by atoms with Crippen molar-refractivity contribution in [3.05, 3.63) is 29.8 Å². The summed E-state index contributed by atoms with van der Waals surface area (Å²) in [4.78, 5) is 2.48. The van der Waals surface area contributed by atoms with E-state index in [9.17, 15) is 0 Å². The summed E-state index contributed by atoms with van der Waals surface area (Å²) < 4.78 is 5.60. The Balaban J connectivity index is 2.92. The van der Waals surface area contributed by atoms with Crippen molar-refractivity contribution < 1.29 is 4.74 Å². The van der Waals surface area contributed by atoms with Gasteiger partial charge in [-0.1, -0.05) is 31.3 Å². The van der Waals surface area contributed by atoms with Crippen LogP contribution in [0.5, 0.6) is 5.75 Å². The summed E-state index contributed by atoms with van der Waals surface area (Å²) in [6, 6.07) is 7.89. The SMILES string of the molecule is CCCOc1cccc(C(C(N)=S)N(C)C)c1. The molecular formula is C13H20N2OS. The van der Waals surface area contributed by atoms with Gasteiger partial charge in [-0.15, -0.1) is 0 Å². The standard InChI is InChI=1S/C13H20N2OS/c1-4-8-16-11-7-5-6-10(9-11)12(13(14)17)15(2)3/h5-7,9,12H,4,8H2,1-3H3,(H2,14,17). The summed E-state index contributed by atoms with van der Waals surface area (Å²) in [7, 11) is 3.92. The van der Waals surface area contributed by atoms with Crippen molar-refractivity contribution in [2.45, 2.75) is 19.4 Å². The maximum atomic E-state index is 5.77. The van der Waals surface area contributed by atoms with E-state index in [1.165, 1.54) is 0 Å². The van der Waals surface area contributed by atoms with E-state index in [0.717, 1.165) is 24.3 Å².